The van der Waals surface area contributed by atoms with Crippen molar-refractivity contribution in [1.82, 2.24) is 21.7 Å². The largest absolute Gasteiger partial charge is 0.292 e. The Morgan fingerprint density at radius 2 is 1.73 bits per heavy atom. The summed E-state index contributed by atoms with van der Waals surface area (Å²) in [5.74, 6) is 0.0926. The van der Waals surface area contributed by atoms with Crippen molar-refractivity contribution in [3.8, 4) is 0 Å². The Labute approximate surface area is 65.9 Å². The predicted molar refractivity (Wildman–Crippen MR) is 41.4 cm³/mol. The van der Waals surface area contributed by atoms with E-state index in [-0.39, 0.29) is 5.91 Å². The minimum atomic E-state index is 0.0926. The molecule has 2 fully saturated rings. The van der Waals surface area contributed by atoms with Gasteiger partial charge in [0.15, 0.2) is 0 Å². The molecule has 5 heteroatoms. The summed E-state index contributed by atoms with van der Waals surface area (Å²) < 4.78 is 0. The van der Waals surface area contributed by atoms with Crippen molar-refractivity contribution in [2.24, 2.45) is 0 Å². The summed E-state index contributed by atoms with van der Waals surface area (Å²) >= 11 is 0. The van der Waals surface area contributed by atoms with Crippen LogP contribution in [0.5, 0.6) is 0 Å². The number of carbonyl (C=O) groups is 1. The van der Waals surface area contributed by atoms with Gasteiger partial charge in [-0.15, -0.1) is 0 Å². The molecule has 64 valence electrons. The summed E-state index contributed by atoms with van der Waals surface area (Å²) in [7, 11) is 0. The molecule has 2 aliphatic rings. The van der Waals surface area contributed by atoms with Crippen molar-refractivity contribution < 1.29 is 4.79 Å². The lowest BCUT2D eigenvalue weighted by Gasteiger charge is -1.83. The molecule has 0 aromatic carbocycles. The first-order valence-corrected chi connectivity index (χ1v) is 3.87. The maximum Gasteiger partial charge on any atom is 0.235 e. The van der Waals surface area contributed by atoms with Crippen molar-refractivity contribution in [3.63, 3.8) is 0 Å². The van der Waals surface area contributed by atoms with E-state index in [1.165, 1.54) is 6.42 Å². The highest BCUT2D eigenvalue weighted by Crippen LogP contribution is 1.79. The van der Waals surface area contributed by atoms with Crippen LogP contribution in [0.3, 0.4) is 0 Å². The van der Waals surface area contributed by atoms with E-state index in [0.29, 0.717) is 6.42 Å². The predicted octanol–water partition coefficient (Wildman–Crippen LogP) is -1.50. The average molecular weight is 158 g/mol. The highest BCUT2D eigenvalue weighted by atomic mass is 16.2. The van der Waals surface area contributed by atoms with Gasteiger partial charge in [-0.25, -0.2) is 5.43 Å². The summed E-state index contributed by atoms with van der Waals surface area (Å²) in [6.07, 6.45) is 1.90. The van der Waals surface area contributed by atoms with E-state index in [9.17, 15) is 4.79 Å². The maximum absolute atomic E-state index is 10.1. The van der Waals surface area contributed by atoms with Crippen LogP contribution < -0.4 is 21.7 Å². The van der Waals surface area contributed by atoms with E-state index >= 15 is 0 Å². The lowest BCUT2D eigenvalue weighted by molar-refractivity contribution is -0.119. The zero-order chi connectivity index (χ0) is 7.94. The Bertz CT molecular complexity index is 108. The molecular weight excluding hydrogens is 144 g/mol. The Morgan fingerprint density at radius 1 is 1.00 bits per heavy atom. The van der Waals surface area contributed by atoms with Gasteiger partial charge in [0.25, 0.3) is 0 Å². The molecule has 4 N–H and O–H groups in total. The van der Waals surface area contributed by atoms with E-state index < -0.39 is 0 Å². The van der Waals surface area contributed by atoms with Crippen LogP contribution in [0.4, 0.5) is 0 Å². The Morgan fingerprint density at radius 3 is 1.91 bits per heavy atom. The zero-order valence-electron chi connectivity index (χ0n) is 6.44. The minimum absolute atomic E-state index is 0.0926. The summed E-state index contributed by atoms with van der Waals surface area (Å²) in [5.41, 5.74) is 11.0. The first kappa shape index (κ1) is 8.45. The van der Waals surface area contributed by atoms with Gasteiger partial charge in [0.2, 0.25) is 5.91 Å². The number of hydrogen-bond donors (Lipinski definition) is 4. The first-order valence-electron chi connectivity index (χ1n) is 3.87. The molecule has 0 aliphatic carbocycles. The molecule has 0 aromatic heterocycles. The molecule has 2 heterocycles. The summed E-state index contributed by atoms with van der Waals surface area (Å²) in [6.45, 7) is 3.05. The zero-order valence-corrected chi connectivity index (χ0v) is 6.44. The lowest BCUT2D eigenvalue weighted by Crippen LogP contribution is -2.25. The number of amides is 1. The summed E-state index contributed by atoms with van der Waals surface area (Å²) in [5, 5.41) is 0. The van der Waals surface area contributed by atoms with Crippen LogP contribution >= 0.6 is 0 Å². The van der Waals surface area contributed by atoms with Gasteiger partial charge in [-0.1, -0.05) is 0 Å². The quantitative estimate of drug-likeness (QED) is 0.346. The summed E-state index contributed by atoms with van der Waals surface area (Å²) in [6, 6.07) is 0. The molecule has 0 saturated carbocycles. The smallest absolute Gasteiger partial charge is 0.235 e. The highest BCUT2D eigenvalue weighted by Gasteiger charge is 2.04. The molecule has 0 radical (unpaired) electrons. The topological polar surface area (TPSA) is 65.2 Å². The van der Waals surface area contributed by atoms with Gasteiger partial charge in [-0.2, -0.15) is 0 Å². The van der Waals surface area contributed by atoms with Gasteiger partial charge in [0, 0.05) is 26.1 Å². The molecule has 0 unspecified atom stereocenters. The van der Waals surface area contributed by atoms with Crippen molar-refractivity contribution in [3.05, 3.63) is 0 Å². The number of nitrogens with one attached hydrogen (secondary N) is 4. The first-order chi connectivity index (χ1) is 5.39. The molecule has 1 amide bonds. The second kappa shape index (κ2) is 5.06. The van der Waals surface area contributed by atoms with E-state index in [1.54, 1.807) is 0 Å². The van der Waals surface area contributed by atoms with Crippen LogP contribution in [-0.2, 0) is 4.79 Å². The molecule has 11 heavy (non-hydrogen) atoms. The van der Waals surface area contributed by atoms with E-state index in [1.807, 2.05) is 0 Å². The molecule has 0 bridgehead atoms. The third kappa shape index (κ3) is 3.92. The third-order valence-corrected chi connectivity index (χ3v) is 1.43. The standard InChI is InChI=1S/C3H6N2O.C3H8N2/c6-3-1-2-4-5-3;1-2-4-5-3-1/h4H,1-2H2,(H,5,6);4-5H,1-3H2. The van der Waals surface area contributed by atoms with Gasteiger partial charge in [-0.3, -0.25) is 21.1 Å². The Balaban J connectivity index is 0.000000112. The molecule has 0 spiro atoms. The van der Waals surface area contributed by atoms with Crippen molar-refractivity contribution in [2.75, 3.05) is 19.6 Å². The Kier molecular flexibility index (Phi) is 3.89. The van der Waals surface area contributed by atoms with Crippen LogP contribution in [0, 0.1) is 0 Å². The third-order valence-electron chi connectivity index (χ3n) is 1.43. The number of hydrogen-bond acceptors (Lipinski definition) is 4. The van der Waals surface area contributed by atoms with Gasteiger partial charge in [-0.05, 0) is 6.42 Å². The van der Waals surface area contributed by atoms with E-state index in [4.69, 9.17) is 0 Å². The molecule has 2 saturated heterocycles. The van der Waals surface area contributed by atoms with Crippen molar-refractivity contribution in [2.45, 2.75) is 12.8 Å². The molecular formula is C6H14N4O. The Hall–Kier alpha value is -0.650. The van der Waals surface area contributed by atoms with Gasteiger partial charge < -0.3 is 0 Å². The minimum Gasteiger partial charge on any atom is -0.292 e. The van der Waals surface area contributed by atoms with Gasteiger partial charge in [0.1, 0.15) is 0 Å². The van der Waals surface area contributed by atoms with Crippen LogP contribution in [0.25, 0.3) is 0 Å². The van der Waals surface area contributed by atoms with E-state index in [2.05, 4.69) is 21.7 Å². The highest BCUT2D eigenvalue weighted by molar-refractivity contribution is 5.77. The molecule has 0 aromatic rings. The van der Waals surface area contributed by atoms with Crippen LogP contribution in [0.2, 0.25) is 0 Å². The fourth-order valence-corrected chi connectivity index (χ4v) is 0.842. The van der Waals surface area contributed by atoms with Crippen LogP contribution in [0.15, 0.2) is 0 Å². The summed E-state index contributed by atoms with van der Waals surface area (Å²) in [4.78, 5) is 10.1. The van der Waals surface area contributed by atoms with Crippen molar-refractivity contribution >= 4 is 5.91 Å². The molecule has 0 atom stereocenters. The maximum atomic E-state index is 10.1. The van der Waals surface area contributed by atoms with Crippen LogP contribution in [-0.4, -0.2) is 25.5 Å². The van der Waals surface area contributed by atoms with Gasteiger partial charge >= 0.3 is 0 Å². The van der Waals surface area contributed by atoms with Crippen molar-refractivity contribution in [1.29, 1.82) is 0 Å². The van der Waals surface area contributed by atoms with Gasteiger partial charge in [0.05, 0.1) is 0 Å². The number of carbonyl (C=O) groups excluding carboxylic acids is 1. The molecule has 5 nitrogen and oxygen atoms in total. The number of hydrazine groups is 2. The average Bonchev–Trinajstić information content (AvgIpc) is 2.57. The number of rotatable bonds is 0. The van der Waals surface area contributed by atoms with E-state index in [0.717, 1.165) is 19.6 Å². The fraction of sp³-hybridized carbons (Fsp3) is 0.833. The second-order valence-electron chi connectivity index (χ2n) is 2.43. The van der Waals surface area contributed by atoms with Crippen LogP contribution in [0.1, 0.15) is 12.8 Å². The second-order valence-corrected chi connectivity index (χ2v) is 2.43. The normalized spacial score (nSPS) is 22.4. The molecule has 2 rings (SSSR count). The lowest BCUT2D eigenvalue weighted by atomic mass is 10.5. The molecule has 2 aliphatic heterocycles. The monoisotopic (exact) mass is 158 g/mol. The fourth-order valence-electron chi connectivity index (χ4n) is 0.842. The SMILES string of the molecule is C1CNNC1.O=C1CCNN1.